The molecule has 2 aliphatic heterocycles. The van der Waals surface area contributed by atoms with E-state index in [4.69, 9.17) is 21.1 Å². The van der Waals surface area contributed by atoms with Gasteiger partial charge in [-0.3, -0.25) is 9.69 Å². The number of urea groups is 1. The topological polar surface area (TPSA) is 97.0 Å². The number of carbonyl (C=O) groups is 3. The third-order valence-corrected chi connectivity index (χ3v) is 5.27. The third kappa shape index (κ3) is 4.11. The molecular formula is C22H19ClFN3O5. The van der Waals surface area contributed by atoms with Crippen molar-refractivity contribution >= 4 is 35.2 Å². The molecule has 0 saturated heterocycles. The number of hydrogen-bond acceptors (Lipinski definition) is 5. The van der Waals surface area contributed by atoms with Gasteiger partial charge in [-0.05, 0) is 31.2 Å². The first-order chi connectivity index (χ1) is 15.4. The van der Waals surface area contributed by atoms with Crippen LogP contribution in [0.2, 0.25) is 5.02 Å². The first kappa shape index (κ1) is 21.6. The molecule has 4 rings (SSSR count). The van der Waals surface area contributed by atoms with E-state index >= 15 is 0 Å². The number of amides is 3. The summed E-state index contributed by atoms with van der Waals surface area (Å²) in [6.45, 7) is 1.64. The SMILES string of the molecule is CCOc1ccccc1[C@@H]1NC(=O)N(CC(=O)Nc2ccc(Cl)cc2F)C2=C1C(=O)OC2. The first-order valence-corrected chi connectivity index (χ1v) is 10.2. The number of nitrogens with one attached hydrogen (secondary N) is 2. The highest BCUT2D eigenvalue weighted by atomic mass is 35.5. The maximum Gasteiger partial charge on any atom is 0.338 e. The summed E-state index contributed by atoms with van der Waals surface area (Å²) < 4.78 is 24.8. The molecule has 0 unspecified atom stereocenters. The van der Waals surface area contributed by atoms with E-state index in [1.807, 2.05) is 6.92 Å². The van der Waals surface area contributed by atoms with Gasteiger partial charge in [-0.15, -0.1) is 0 Å². The Hall–Kier alpha value is -3.59. The van der Waals surface area contributed by atoms with Crippen molar-refractivity contribution in [1.29, 1.82) is 0 Å². The predicted molar refractivity (Wildman–Crippen MR) is 114 cm³/mol. The van der Waals surface area contributed by atoms with Gasteiger partial charge in [-0.2, -0.15) is 0 Å². The number of para-hydroxylation sites is 1. The molecule has 32 heavy (non-hydrogen) atoms. The van der Waals surface area contributed by atoms with Crippen molar-refractivity contribution in [3.63, 3.8) is 0 Å². The largest absolute Gasteiger partial charge is 0.494 e. The van der Waals surface area contributed by atoms with Gasteiger partial charge in [-0.1, -0.05) is 29.8 Å². The smallest absolute Gasteiger partial charge is 0.338 e. The van der Waals surface area contributed by atoms with Gasteiger partial charge in [0.05, 0.1) is 29.6 Å². The average molecular weight is 460 g/mol. The number of rotatable bonds is 6. The molecule has 0 fully saturated rings. The lowest BCUT2D eigenvalue weighted by atomic mass is 9.95. The van der Waals surface area contributed by atoms with E-state index in [0.29, 0.717) is 17.9 Å². The van der Waals surface area contributed by atoms with Crippen molar-refractivity contribution < 1.29 is 28.2 Å². The Morgan fingerprint density at radius 3 is 2.84 bits per heavy atom. The van der Waals surface area contributed by atoms with Crippen molar-refractivity contribution in [2.75, 3.05) is 25.1 Å². The number of ether oxygens (including phenoxy) is 2. The molecule has 2 N–H and O–H groups in total. The van der Waals surface area contributed by atoms with Gasteiger partial charge in [0.15, 0.2) is 0 Å². The number of esters is 1. The van der Waals surface area contributed by atoms with Gasteiger partial charge < -0.3 is 20.1 Å². The molecule has 2 heterocycles. The molecule has 0 spiro atoms. The molecule has 1 atom stereocenters. The quantitative estimate of drug-likeness (QED) is 0.645. The van der Waals surface area contributed by atoms with Crippen LogP contribution in [0.15, 0.2) is 53.7 Å². The van der Waals surface area contributed by atoms with Crippen molar-refractivity contribution in [1.82, 2.24) is 10.2 Å². The Morgan fingerprint density at radius 1 is 1.31 bits per heavy atom. The van der Waals surface area contributed by atoms with E-state index in [1.54, 1.807) is 24.3 Å². The summed E-state index contributed by atoms with van der Waals surface area (Å²) in [5, 5.41) is 5.34. The number of carbonyl (C=O) groups excluding carboxylic acids is 3. The Kier molecular flexibility index (Phi) is 6.00. The zero-order valence-electron chi connectivity index (χ0n) is 17.0. The molecule has 0 aromatic heterocycles. The van der Waals surface area contributed by atoms with Crippen LogP contribution in [0.5, 0.6) is 5.75 Å². The monoisotopic (exact) mass is 459 g/mol. The lowest BCUT2D eigenvalue weighted by Gasteiger charge is -2.33. The fraction of sp³-hybridized carbons (Fsp3) is 0.227. The van der Waals surface area contributed by atoms with Gasteiger partial charge in [0.2, 0.25) is 5.91 Å². The summed E-state index contributed by atoms with van der Waals surface area (Å²) >= 11 is 5.72. The maximum absolute atomic E-state index is 14.0. The molecule has 2 aromatic rings. The summed E-state index contributed by atoms with van der Waals surface area (Å²) in [6, 6.07) is 9.48. The van der Waals surface area contributed by atoms with E-state index in [0.717, 1.165) is 11.0 Å². The van der Waals surface area contributed by atoms with E-state index < -0.39 is 36.3 Å². The number of halogens is 2. The number of cyclic esters (lactones) is 1. The highest BCUT2D eigenvalue weighted by Gasteiger charge is 2.43. The molecule has 10 heteroatoms. The molecule has 0 saturated carbocycles. The molecule has 0 bridgehead atoms. The van der Waals surface area contributed by atoms with E-state index in [9.17, 15) is 18.8 Å². The minimum Gasteiger partial charge on any atom is -0.494 e. The Bertz CT molecular complexity index is 1140. The highest BCUT2D eigenvalue weighted by molar-refractivity contribution is 6.30. The van der Waals surface area contributed by atoms with Crippen LogP contribution in [-0.4, -0.2) is 42.6 Å². The van der Waals surface area contributed by atoms with Crippen LogP contribution < -0.4 is 15.4 Å². The lowest BCUT2D eigenvalue weighted by Crippen LogP contribution is -2.49. The van der Waals surface area contributed by atoms with E-state index in [2.05, 4.69) is 10.6 Å². The normalized spacial score (nSPS) is 17.6. The minimum absolute atomic E-state index is 0.0757. The molecule has 0 aliphatic carbocycles. The van der Waals surface area contributed by atoms with Crippen molar-refractivity contribution in [2.45, 2.75) is 13.0 Å². The Balaban J connectivity index is 1.61. The molecule has 0 radical (unpaired) electrons. The molecule has 2 aromatic carbocycles. The molecular weight excluding hydrogens is 441 g/mol. The van der Waals surface area contributed by atoms with E-state index in [1.165, 1.54) is 12.1 Å². The van der Waals surface area contributed by atoms with Crippen LogP contribution in [0.25, 0.3) is 0 Å². The van der Waals surface area contributed by atoms with Gasteiger partial charge >= 0.3 is 12.0 Å². The number of nitrogens with zero attached hydrogens (tertiary/aromatic N) is 1. The standard InChI is InChI=1S/C22H19ClFN3O5/c1-2-31-17-6-4-3-5-13(17)20-19-16(11-32-21(19)29)27(22(30)26-20)10-18(28)25-15-8-7-12(23)9-14(15)24/h3-9,20H,2,10-11H2,1H3,(H,25,28)(H,26,30)/t20-/m0/s1. The number of benzene rings is 2. The average Bonchev–Trinajstić information content (AvgIpc) is 3.14. The second-order valence-corrected chi connectivity index (χ2v) is 7.48. The zero-order chi connectivity index (χ0) is 22.8. The highest BCUT2D eigenvalue weighted by Crippen LogP contribution is 2.38. The zero-order valence-corrected chi connectivity index (χ0v) is 17.7. The second-order valence-electron chi connectivity index (χ2n) is 7.05. The van der Waals surface area contributed by atoms with Crippen molar-refractivity contribution in [3.05, 3.63) is 70.1 Å². The van der Waals surface area contributed by atoms with Crippen LogP contribution in [-0.2, 0) is 14.3 Å². The van der Waals surface area contributed by atoms with Crippen molar-refractivity contribution in [3.8, 4) is 5.75 Å². The molecule has 2 aliphatic rings. The van der Waals surface area contributed by atoms with Crippen LogP contribution in [0.3, 0.4) is 0 Å². The van der Waals surface area contributed by atoms with Crippen molar-refractivity contribution in [2.24, 2.45) is 0 Å². The fourth-order valence-electron chi connectivity index (χ4n) is 3.64. The Morgan fingerprint density at radius 2 is 2.09 bits per heavy atom. The van der Waals surface area contributed by atoms with Crippen LogP contribution >= 0.6 is 11.6 Å². The van der Waals surface area contributed by atoms with Crippen LogP contribution in [0, 0.1) is 5.82 Å². The minimum atomic E-state index is -0.789. The van der Waals surface area contributed by atoms with Crippen LogP contribution in [0.4, 0.5) is 14.9 Å². The predicted octanol–water partition coefficient (Wildman–Crippen LogP) is 3.39. The lowest BCUT2D eigenvalue weighted by molar-refractivity contribution is -0.136. The Labute approximate surface area is 187 Å². The number of hydrogen-bond donors (Lipinski definition) is 2. The first-order valence-electron chi connectivity index (χ1n) is 9.83. The van der Waals surface area contributed by atoms with Gasteiger partial charge in [0, 0.05) is 10.6 Å². The summed E-state index contributed by atoms with van der Waals surface area (Å²) in [5.74, 6) is -1.43. The van der Waals surface area contributed by atoms with Gasteiger partial charge in [0.25, 0.3) is 0 Å². The van der Waals surface area contributed by atoms with Crippen LogP contribution in [0.1, 0.15) is 18.5 Å². The fourth-order valence-corrected chi connectivity index (χ4v) is 3.80. The third-order valence-electron chi connectivity index (χ3n) is 5.04. The summed E-state index contributed by atoms with van der Waals surface area (Å²) in [7, 11) is 0. The van der Waals surface area contributed by atoms with E-state index in [-0.39, 0.29) is 28.6 Å². The second kappa shape index (κ2) is 8.88. The summed E-state index contributed by atoms with van der Waals surface area (Å²) in [6.07, 6.45) is 0. The summed E-state index contributed by atoms with van der Waals surface area (Å²) in [4.78, 5) is 39.0. The van der Waals surface area contributed by atoms with Gasteiger partial charge in [-0.25, -0.2) is 14.0 Å². The molecule has 166 valence electrons. The number of anilines is 1. The molecule has 3 amide bonds. The van der Waals surface area contributed by atoms with Gasteiger partial charge in [0.1, 0.15) is 24.7 Å². The maximum atomic E-state index is 14.0. The summed E-state index contributed by atoms with van der Waals surface area (Å²) in [5.41, 5.74) is 1.03. The molecule has 8 nitrogen and oxygen atoms in total.